The Balaban J connectivity index is 4.15. The lowest BCUT2D eigenvalue weighted by Crippen LogP contribution is -2.24. The van der Waals surface area contributed by atoms with Crippen LogP contribution in [0.2, 0.25) is 0 Å². The maximum atomic E-state index is 2.34. The van der Waals surface area contributed by atoms with Gasteiger partial charge in [-0.25, -0.2) is 0 Å². The molecule has 0 amide bonds. The van der Waals surface area contributed by atoms with Gasteiger partial charge in [-0.2, -0.15) is 0 Å². The van der Waals surface area contributed by atoms with Gasteiger partial charge < -0.3 is 0 Å². The summed E-state index contributed by atoms with van der Waals surface area (Å²) >= 11 is 0. The summed E-state index contributed by atoms with van der Waals surface area (Å²) in [5.74, 6) is 0.840. The van der Waals surface area contributed by atoms with Crippen LogP contribution in [0.4, 0.5) is 0 Å². The molecule has 10 heavy (non-hydrogen) atoms. The quantitative estimate of drug-likeness (QED) is 0.559. The van der Waals surface area contributed by atoms with Crippen LogP contribution in [0.5, 0.6) is 0 Å². The lowest BCUT2D eigenvalue weighted by Gasteiger charge is -2.34. The first kappa shape index (κ1) is 10.0. The second kappa shape index (κ2) is 4.00. The Labute approximate surface area is 66.0 Å². The van der Waals surface area contributed by atoms with Crippen LogP contribution in [0.1, 0.15) is 53.9 Å². The molecule has 0 aromatic carbocycles. The molecule has 0 aliphatic rings. The predicted octanol–water partition coefficient (Wildman–Crippen LogP) is 3.86. The molecule has 0 unspecified atom stereocenters. The second-order valence-corrected chi connectivity index (χ2v) is 3.58. The van der Waals surface area contributed by atoms with Gasteiger partial charge in [0.05, 0.1) is 0 Å². The van der Waals surface area contributed by atoms with Gasteiger partial charge in [0.25, 0.3) is 0 Å². The Kier molecular flexibility index (Phi) is 4.00. The van der Waals surface area contributed by atoms with Crippen molar-refractivity contribution in [3.63, 3.8) is 0 Å². The molecule has 0 N–H and O–H groups in total. The summed E-state index contributed by atoms with van der Waals surface area (Å²) in [7, 11) is 0. The van der Waals surface area contributed by atoms with E-state index in [1.807, 2.05) is 0 Å². The average Bonchev–Trinajstić information content (AvgIpc) is 1.92. The van der Waals surface area contributed by atoms with Crippen molar-refractivity contribution >= 4 is 0 Å². The van der Waals surface area contributed by atoms with E-state index in [0.29, 0.717) is 5.41 Å². The zero-order valence-electron chi connectivity index (χ0n) is 8.20. The van der Waals surface area contributed by atoms with Gasteiger partial charge in [-0.15, -0.1) is 0 Å². The Hall–Kier alpha value is 0. The predicted molar refractivity (Wildman–Crippen MR) is 48.1 cm³/mol. The molecule has 62 valence electrons. The lowest BCUT2D eigenvalue weighted by atomic mass is 9.71. The summed E-state index contributed by atoms with van der Waals surface area (Å²) in [6, 6.07) is 0. The first-order chi connectivity index (χ1) is 4.63. The maximum absolute atomic E-state index is 2.34. The van der Waals surface area contributed by atoms with Crippen molar-refractivity contribution in [3.05, 3.63) is 0 Å². The van der Waals surface area contributed by atoms with Gasteiger partial charge in [-0.3, -0.25) is 0 Å². The molecule has 0 heteroatoms. The molecule has 0 aliphatic carbocycles. The van der Waals surface area contributed by atoms with Crippen molar-refractivity contribution in [1.29, 1.82) is 0 Å². The van der Waals surface area contributed by atoms with Crippen molar-refractivity contribution in [3.8, 4) is 0 Å². The highest BCUT2D eigenvalue weighted by Crippen LogP contribution is 2.37. The smallest absolute Gasteiger partial charge is 0.0282 e. The van der Waals surface area contributed by atoms with Crippen molar-refractivity contribution in [2.24, 2.45) is 11.3 Å². The van der Waals surface area contributed by atoms with E-state index in [0.717, 1.165) is 5.92 Å². The molecule has 0 saturated carbocycles. The van der Waals surface area contributed by atoms with Gasteiger partial charge >= 0.3 is 0 Å². The van der Waals surface area contributed by atoms with E-state index in [2.05, 4.69) is 34.6 Å². The van der Waals surface area contributed by atoms with E-state index in [1.54, 1.807) is 0 Å². The highest BCUT2D eigenvalue weighted by molar-refractivity contribution is 4.77. The van der Waals surface area contributed by atoms with Crippen LogP contribution in [-0.4, -0.2) is 0 Å². The molecule has 0 atom stereocenters. The molecule has 0 rings (SSSR count). The van der Waals surface area contributed by atoms with Crippen LogP contribution in [-0.2, 0) is 0 Å². The maximum Gasteiger partial charge on any atom is -0.0282 e. The normalized spacial score (nSPS) is 12.6. The summed E-state index contributed by atoms with van der Waals surface area (Å²) in [5.41, 5.74) is 0.625. The first-order valence-corrected chi connectivity index (χ1v) is 4.63. The second-order valence-electron chi connectivity index (χ2n) is 3.58. The zero-order valence-corrected chi connectivity index (χ0v) is 8.20. The minimum absolute atomic E-state index is 0.625. The number of rotatable bonds is 4. The third-order valence-electron chi connectivity index (χ3n) is 3.34. The van der Waals surface area contributed by atoms with E-state index in [9.17, 15) is 0 Å². The third-order valence-corrected chi connectivity index (χ3v) is 3.34. The molecular weight excluding hydrogens is 120 g/mol. The average molecular weight is 142 g/mol. The molecule has 0 fully saturated rings. The van der Waals surface area contributed by atoms with Crippen LogP contribution in [0, 0.1) is 11.3 Å². The van der Waals surface area contributed by atoms with Gasteiger partial charge in [0.1, 0.15) is 0 Å². The largest absolute Gasteiger partial charge is 0.0648 e. The van der Waals surface area contributed by atoms with E-state index in [4.69, 9.17) is 0 Å². The monoisotopic (exact) mass is 142 g/mol. The molecule has 0 radical (unpaired) electrons. The Morgan fingerprint density at radius 2 is 1.20 bits per heavy atom. The van der Waals surface area contributed by atoms with Crippen molar-refractivity contribution in [2.45, 2.75) is 53.9 Å². The van der Waals surface area contributed by atoms with E-state index < -0.39 is 0 Å². The SMILES string of the molecule is CCC(CC)(CC)C(C)C. The standard InChI is InChI=1S/C10H22/c1-6-10(7-2,8-3)9(4)5/h9H,6-8H2,1-5H3. The zero-order chi connectivity index (χ0) is 8.20. The molecule has 0 aromatic rings. The van der Waals surface area contributed by atoms with Crippen LogP contribution < -0.4 is 0 Å². The van der Waals surface area contributed by atoms with Crippen molar-refractivity contribution in [1.82, 2.24) is 0 Å². The minimum atomic E-state index is 0.625. The Morgan fingerprint density at radius 1 is 0.900 bits per heavy atom. The van der Waals surface area contributed by atoms with E-state index in [-0.39, 0.29) is 0 Å². The summed E-state index contributed by atoms with van der Waals surface area (Å²) in [6.45, 7) is 11.6. The number of hydrogen-bond acceptors (Lipinski definition) is 0. The fourth-order valence-electron chi connectivity index (χ4n) is 1.97. The minimum Gasteiger partial charge on any atom is -0.0648 e. The molecule has 0 heterocycles. The summed E-state index contributed by atoms with van der Waals surface area (Å²) in [4.78, 5) is 0. The van der Waals surface area contributed by atoms with E-state index >= 15 is 0 Å². The summed E-state index contributed by atoms with van der Waals surface area (Å²) in [6.07, 6.45) is 3.99. The van der Waals surface area contributed by atoms with Gasteiger partial charge in [0.15, 0.2) is 0 Å². The van der Waals surface area contributed by atoms with Gasteiger partial charge in [0, 0.05) is 0 Å². The third kappa shape index (κ3) is 1.74. The Morgan fingerprint density at radius 3 is 1.20 bits per heavy atom. The van der Waals surface area contributed by atoms with Crippen LogP contribution >= 0.6 is 0 Å². The molecule has 0 nitrogen and oxygen atoms in total. The molecular formula is C10H22. The lowest BCUT2D eigenvalue weighted by molar-refractivity contribution is 0.162. The first-order valence-electron chi connectivity index (χ1n) is 4.63. The molecule has 0 bridgehead atoms. The topological polar surface area (TPSA) is 0 Å². The van der Waals surface area contributed by atoms with Crippen molar-refractivity contribution in [2.75, 3.05) is 0 Å². The fourth-order valence-corrected chi connectivity index (χ4v) is 1.97. The van der Waals surface area contributed by atoms with Crippen LogP contribution in [0.3, 0.4) is 0 Å². The highest BCUT2D eigenvalue weighted by atomic mass is 14.3. The molecule has 0 aromatic heterocycles. The van der Waals surface area contributed by atoms with Gasteiger partial charge in [-0.05, 0) is 11.3 Å². The molecule has 0 aliphatic heterocycles. The van der Waals surface area contributed by atoms with Crippen LogP contribution in [0.15, 0.2) is 0 Å². The summed E-state index contributed by atoms with van der Waals surface area (Å²) in [5, 5.41) is 0. The van der Waals surface area contributed by atoms with E-state index in [1.165, 1.54) is 19.3 Å². The highest BCUT2D eigenvalue weighted by Gasteiger charge is 2.27. The number of hydrogen-bond donors (Lipinski definition) is 0. The Bertz CT molecular complexity index is 69.8. The van der Waals surface area contributed by atoms with Gasteiger partial charge in [0.2, 0.25) is 0 Å². The summed E-state index contributed by atoms with van der Waals surface area (Å²) < 4.78 is 0. The van der Waals surface area contributed by atoms with Crippen molar-refractivity contribution < 1.29 is 0 Å². The molecule has 0 spiro atoms. The fraction of sp³-hybridized carbons (Fsp3) is 1.00. The van der Waals surface area contributed by atoms with Gasteiger partial charge in [-0.1, -0.05) is 53.9 Å². The van der Waals surface area contributed by atoms with Crippen LogP contribution in [0.25, 0.3) is 0 Å². The molecule has 0 saturated heterocycles.